The van der Waals surface area contributed by atoms with E-state index in [9.17, 15) is 22.8 Å². The molecule has 0 unspecified atom stereocenters. The van der Waals surface area contributed by atoms with Crippen LogP contribution in [-0.2, 0) is 11.0 Å². The number of nitrogens with two attached hydrogens (primary N) is 1. The van der Waals surface area contributed by atoms with Gasteiger partial charge in [0.15, 0.2) is 6.61 Å². The molecule has 2 amide bonds. The van der Waals surface area contributed by atoms with Gasteiger partial charge in [-0.3, -0.25) is 9.59 Å². The number of hydrogen-bond donors (Lipinski definition) is 2. The first kappa shape index (κ1) is 18.3. The van der Waals surface area contributed by atoms with Crippen molar-refractivity contribution in [1.29, 1.82) is 0 Å². The maximum absolute atomic E-state index is 12.5. The third-order valence-corrected chi connectivity index (χ3v) is 3.26. The average molecular weight is 352 g/mol. The molecule has 0 aliphatic rings. The molecule has 0 fully saturated rings. The van der Waals surface area contributed by atoms with Gasteiger partial charge < -0.3 is 15.8 Å². The molecule has 0 aliphatic carbocycles. The zero-order chi connectivity index (χ0) is 18.6. The van der Waals surface area contributed by atoms with Crippen molar-refractivity contribution in [2.24, 2.45) is 5.73 Å². The van der Waals surface area contributed by atoms with Crippen molar-refractivity contribution in [3.63, 3.8) is 0 Å². The lowest BCUT2D eigenvalue weighted by Gasteiger charge is -2.11. The van der Waals surface area contributed by atoms with Crippen LogP contribution < -0.4 is 15.8 Å². The van der Waals surface area contributed by atoms with Gasteiger partial charge >= 0.3 is 6.18 Å². The molecule has 0 spiro atoms. The molecule has 0 atom stereocenters. The normalized spacial score (nSPS) is 11.0. The maximum Gasteiger partial charge on any atom is 0.416 e. The topological polar surface area (TPSA) is 81.4 Å². The predicted molar refractivity (Wildman–Crippen MR) is 85.3 cm³/mol. The van der Waals surface area contributed by atoms with Crippen molar-refractivity contribution < 1.29 is 27.5 Å². The van der Waals surface area contributed by atoms with Crippen LogP contribution in [0, 0.1) is 6.92 Å². The zero-order valence-corrected chi connectivity index (χ0v) is 13.2. The first-order valence-electron chi connectivity index (χ1n) is 7.17. The molecule has 132 valence electrons. The Morgan fingerprint density at radius 3 is 2.32 bits per heavy atom. The smallest absolute Gasteiger partial charge is 0.416 e. The molecular weight excluding hydrogens is 337 g/mol. The molecule has 25 heavy (non-hydrogen) atoms. The summed E-state index contributed by atoms with van der Waals surface area (Å²) < 4.78 is 42.7. The molecule has 8 heteroatoms. The van der Waals surface area contributed by atoms with Crippen LogP contribution in [0.1, 0.15) is 21.5 Å². The lowest BCUT2D eigenvalue weighted by Crippen LogP contribution is -2.22. The van der Waals surface area contributed by atoms with Crippen LogP contribution >= 0.6 is 0 Å². The van der Waals surface area contributed by atoms with Crippen LogP contribution in [0.15, 0.2) is 42.5 Å². The molecule has 0 aliphatic heterocycles. The molecule has 3 N–H and O–H groups in total. The molecule has 0 radical (unpaired) electrons. The summed E-state index contributed by atoms with van der Waals surface area (Å²) in [6, 6.07) is 8.73. The highest BCUT2D eigenvalue weighted by Gasteiger charge is 2.29. The Bertz CT molecular complexity index is 787. The second kappa shape index (κ2) is 7.25. The van der Waals surface area contributed by atoms with E-state index in [2.05, 4.69) is 5.32 Å². The Hall–Kier alpha value is -3.03. The number of aryl methyl sites for hydroxylation is 1. The third kappa shape index (κ3) is 4.97. The van der Waals surface area contributed by atoms with E-state index in [0.29, 0.717) is 0 Å². The van der Waals surface area contributed by atoms with Gasteiger partial charge in [0.25, 0.3) is 11.8 Å². The first-order chi connectivity index (χ1) is 11.7. The molecular formula is C17H15F3N2O3. The van der Waals surface area contributed by atoms with E-state index in [4.69, 9.17) is 10.5 Å². The number of carbonyl (C=O) groups is 2. The quantitative estimate of drug-likeness (QED) is 0.867. The van der Waals surface area contributed by atoms with E-state index in [1.54, 1.807) is 19.1 Å². The summed E-state index contributed by atoms with van der Waals surface area (Å²) >= 11 is 0. The molecule has 0 heterocycles. The second-order valence-electron chi connectivity index (χ2n) is 5.28. The van der Waals surface area contributed by atoms with E-state index in [-0.39, 0.29) is 17.0 Å². The number of carbonyl (C=O) groups excluding carboxylic acids is 2. The lowest BCUT2D eigenvalue weighted by molar-refractivity contribution is -0.137. The molecule has 2 aromatic rings. The van der Waals surface area contributed by atoms with Gasteiger partial charge in [0.1, 0.15) is 5.75 Å². The van der Waals surface area contributed by atoms with Crippen molar-refractivity contribution in [2.75, 3.05) is 11.9 Å². The minimum Gasteiger partial charge on any atom is -0.483 e. The van der Waals surface area contributed by atoms with E-state index in [1.807, 2.05) is 0 Å². The predicted octanol–water partition coefficient (Wildman–Crippen LogP) is 3.13. The molecule has 2 aromatic carbocycles. The Morgan fingerprint density at radius 2 is 1.76 bits per heavy atom. The summed E-state index contributed by atoms with van der Waals surface area (Å²) in [7, 11) is 0. The van der Waals surface area contributed by atoms with Crippen LogP contribution in [0.2, 0.25) is 0 Å². The van der Waals surface area contributed by atoms with Crippen LogP contribution in [0.4, 0.5) is 18.9 Å². The van der Waals surface area contributed by atoms with Gasteiger partial charge in [-0.1, -0.05) is 6.07 Å². The highest BCUT2D eigenvalue weighted by molar-refractivity contribution is 5.96. The van der Waals surface area contributed by atoms with Gasteiger partial charge in [-0.15, -0.1) is 0 Å². The standard InChI is InChI=1S/C17H15F3N2O3/c1-10-2-7-13(16(21)24)14(8-10)25-9-15(23)22-12-5-3-11(4-6-12)17(18,19)20/h2-8H,9H2,1H3,(H2,21,24)(H,22,23). The Labute approximate surface area is 141 Å². The van der Waals surface area contributed by atoms with Crippen LogP contribution in [0.5, 0.6) is 5.75 Å². The fourth-order valence-corrected chi connectivity index (χ4v) is 2.04. The van der Waals surface area contributed by atoms with Crippen molar-refractivity contribution in [3.8, 4) is 5.75 Å². The van der Waals surface area contributed by atoms with Crippen LogP contribution in [0.25, 0.3) is 0 Å². The number of hydrogen-bond acceptors (Lipinski definition) is 3. The van der Waals surface area contributed by atoms with Crippen LogP contribution in [0.3, 0.4) is 0 Å². The largest absolute Gasteiger partial charge is 0.483 e. The molecule has 0 bridgehead atoms. The number of amides is 2. The number of primary amides is 1. The zero-order valence-electron chi connectivity index (χ0n) is 13.2. The third-order valence-electron chi connectivity index (χ3n) is 3.26. The second-order valence-corrected chi connectivity index (χ2v) is 5.28. The van der Waals surface area contributed by atoms with Gasteiger partial charge in [-0.05, 0) is 48.9 Å². The Balaban J connectivity index is 2.00. The van der Waals surface area contributed by atoms with Crippen molar-refractivity contribution in [3.05, 3.63) is 59.2 Å². The van der Waals surface area contributed by atoms with Crippen molar-refractivity contribution >= 4 is 17.5 Å². The van der Waals surface area contributed by atoms with Crippen molar-refractivity contribution in [2.45, 2.75) is 13.1 Å². The van der Waals surface area contributed by atoms with Crippen LogP contribution in [-0.4, -0.2) is 18.4 Å². The molecule has 5 nitrogen and oxygen atoms in total. The number of benzene rings is 2. The van der Waals surface area contributed by atoms with E-state index in [1.165, 1.54) is 6.07 Å². The molecule has 0 saturated carbocycles. The van der Waals surface area contributed by atoms with E-state index >= 15 is 0 Å². The SMILES string of the molecule is Cc1ccc(C(N)=O)c(OCC(=O)Nc2ccc(C(F)(F)F)cc2)c1. The monoisotopic (exact) mass is 352 g/mol. The number of rotatable bonds is 5. The highest BCUT2D eigenvalue weighted by atomic mass is 19.4. The Morgan fingerprint density at radius 1 is 1.12 bits per heavy atom. The van der Waals surface area contributed by atoms with Gasteiger partial charge in [-0.25, -0.2) is 0 Å². The summed E-state index contributed by atoms with van der Waals surface area (Å²) in [6.07, 6.45) is -4.44. The Kier molecular flexibility index (Phi) is 5.31. The fourth-order valence-electron chi connectivity index (χ4n) is 2.04. The number of alkyl halides is 3. The van der Waals surface area contributed by atoms with Gasteiger partial charge in [0.05, 0.1) is 11.1 Å². The summed E-state index contributed by atoms with van der Waals surface area (Å²) in [5.74, 6) is -1.12. The average Bonchev–Trinajstić information content (AvgIpc) is 2.52. The summed E-state index contributed by atoms with van der Waals surface area (Å²) in [5, 5.41) is 2.41. The number of nitrogens with one attached hydrogen (secondary N) is 1. The summed E-state index contributed by atoms with van der Waals surface area (Å²) in [5.41, 5.74) is 5.56. The minimum atomic E-state index is -4.44. The van der Waals surface area contributed by atoms with Crippen molar-refractivity contribution in [1.82, 2.24) is 0 Å². The fraction of sp³-hybridized carbons (Fsp3) is 0.176. The maximum atomic E-state index is 12.5. The minimum absolute atomic E-state index is 0.132. The molecule has 0 aromatic heterocycles. The van der Waals surface area contributed by atoms with E-state index < -0.39 is 30.2 Å². The summed E-state index contributed by atoms with van der Waals surface area (Å²) in [4.78, 5) is 23.2. The number of ether oxygens (including phenoxy) is 1. The van der Waals surface area contributed by atoms with Gasteiger partial charge in [0, 0.05) is 5.69 Å². The van der Waals surface area contributed by atoms with Gasteiger partial charge in [-0.2, -0.15) is 13.2 Å². The molecule has 0 saturated heterocycles. The number of halogens is 3. The van der Waals surface area contributed by atoms with E-state index in [0.717, 1.165) is 29.8 Å². The first-order valence-corrected chi connectivity index (χ1v) is 7.17. The summed E-state index contributed by atoms with van der Waals surface area (Å²) in [6.45, 7) is 1.35. The lowest BCUT2D eigenvalue weighted by atomic mass is 10.1. The number of anilines is 1. The molecule has 2 rings (SSSR count). The highest BCUT2D eigenvalue weighted by Crippen LogP contribution is 2.29. The van der Waals surface area contributed by atoms with Gasteiger partial charge in [0.2, 0.25) is 0 Å².